The van der Waals surface area contributed by atoms with E-state index in [1.54, 1.807) is 12.4 Å². The summed E-state index contributed by atoms with van der Waals surface area (Å²) < 4.78 is 1.83. The Kier molecular flexibility index (Phi) is 1.86. The van der Waals surface area contributed by atoms with Crippen LogP contribution in [-0.2, 0) is 0 Å². The molecule has 1 aromatic carbocycles. The first-order valence-electron chi connectivity index (χ1n) is 4.98. The Labute approximate surface area is 92.3 Å². The number of anilines is 1. The summed E-state index contributed by atoms with van der Waals surface area (Å²) in [6.45, 7) is 0. The number of hydrogen-bond donors (Lipinski definition) is 1. The Hall–Kier alpha value is -2.36. The Balaban J connectivity index is 2.29. The second-order valence-electron chi connectivity index (χ2n) is 3.59. The minimum atomic E-state index is 0.734. The third kappa shape index (κ3) is 1.32. The van der Waals surface area contributed by atoms with Crippen molar-refractivity contribution in [2.75, 3.05) is 5.73 Å². The van der Waals surface area contributed by atoms with Crippen molar-refractivity contribution in [2.24, 2.45) is 0 Å². The monoisotopic (exact) mass is 210 g/mol. The summed E-state index contributed by atoms with van der Waals surface area (Å²) in [7, 11) is 0. The van der Waals surface area contributed by atoms with E-state index in [0.29, 0.717) is 0 Å². The molecule has 2 N–H and O–H groups in total. The van der Waals surface area contributed by atoms with E-state index in [0.717, 1.165) is 22.3 Å². The van der Waals surface area contributed by atoms with Crippen molar-refractivity contribution in [3.8, 4) is 5.69 Å². The average molecular weight is 210 g/mol. The number of benzene rings is 1. The van der Waals surface area contributed by atoms with Crippen molar-refractivity contribution < 1.29 is 0 Å². The molecule has 4 nitrogen and oxygen atoms in total. The number of nitrogen functional groups attached to an aromatic ring is 1. The summed E-state index contributed by atoms with van der Waals surface area (Å²) in [4.78, 5) is 4.08. The molecule has 0 aliphatic rings. The second-order valence-corrected chi connectivity index (χ2v) is 3.59. The van der Waals surface area contributed by atoms with Crippen LogP contribution in [0.2, 0.25) is 0 Å². The number of hydrogen-bond acceptors (Lipinski definition) is 3. The van der Waals surface area contributed by atoms with E-state index in [-0.39, 0.29) is 0 Å². The summed E-state index contributed by atoms with van der Waals surface area (Å²) in [5.41, 5.74) is 8.43. The van der Waals surface area contributed by atoms with Gasteiger partial charge in [0.15, 0.2) is 0 Å². The van der Waals surface area contributed by atoms with Crippen LogP contribution in [0.1, 0.15) is 0 Å². The van der Waals surface area contributed by atoms with Gasteiger partial charge in [-0.05, 0) is 30.3 Å². The molecule has 0 aliphatic heterocycles. The zero-order valence-corrected chi connectivity index (χ0v) is 8.54. The molecule has 0 saturated carbocycles. The first-order valence-corrected chi connectivity index (χ1v) is 4.98. The van der Waals surface area contributed by atoms with Crippen LogP contribution in [0.25, 0.3) is 16.6 Å². The first kappa shape index (κ1) is 8.91. The summed E-state index contributed by atoms with van der Waals surface area (Å²) in [5.74, 6) is 0. The van der Waals surface area contributed by atoms with Crippen LogP contribution in [0.5, 0.6) is 0 Å². The molecule has 78 valence electrons. The van der Waals surface area contributed by atoms with Crippen LogP contribution in [0, 0.1) is 0 Å². The molecule has 0 fully saturated rings. The highest BCUT2D eigenvalue weighted by Crippen LogP contribution is 2.19. The molecule has 2 aromatic heterocycles. The Morgan fingerprint density at radius 3 is 2.88 bits per heavy atom. The first-order chi connectivity index (χ1) is 7.84. The lowest BCUT2D eigenvalue weighted by molar-refractivity contribution is 0.903. The van der Waals surface area contributed by atoms with Gasteiger partial charge in [-0.1, -0.05) is 0 Å². The van der Waals surface area contributed by atoms with Gasteiger partial charge < -0.3 is 5.73 Å². The topological polar surface area (TPSA) is 56.7 Å². The summed E-state index contributed by atoms with van der Waals surface area (Å²) in [6, 6.07) is 9.59. The molecule has 0 spiro atoms. The maximum absolute atomic E-state index is 5.77. The standard InChI is InChI=1S/C12H10N4/c13-10-4-3-9-7-15-16(12(9)6-10)11-2-1-5-14-8-11/h1-8H,13H2. The molecular weight excluding hydrogens is 200 g/mol. The van der Waals surface area contributed by atoms with Crippen LogP contribution in [0.3, 0.4) is 0 Å². The van der Waals surface area contributed by atoms with Gasteiger partial charge in [-0.3, -0.25) is 4.98 Å². The highest BCUT2D eigenvalue weighted by Gasteiger charge is 2.04. The third-order valence-electron chi connectivity index (χ3n) is 2.49. The largest absolute Gasteiger partial charge is 0.399 e. The molecule has 16 heavy (non-hydrogen) atoms. The van der Waals surface area contributed by atoms with E-state index in [4.69, 9.17) is 5.73 Å². The molecule has 0 unspecified atom stereocenters. The minimum Gasteiger partial charge on any atom is -0.399 e. The normalized spacial score (nSPS) is 10.8. The van der Waals surface area contributed by atoms with Gasteiger partial charge in [0, 0.05) is 17.3 Å². The number of fused-ring (bicyclic) bond motifs is 1. The smallest absolute Gasteiger partial charge is 0.0836 e. The predicted octanol–water partition coefficient (Wildman–Crippen LogP) is 2.00. The number of rotatable bonds is 1. The average Bonchev–Trinajstić information content (AvgIpc) is 2.73. The van der Waals surface area contributed by atoms with Crippen LogP contribution >= 0.6 is 0 Å². The lowest BCUT2D eigenvalue weighted by atomic mass is 10.2. The van der Waals surface area contributed by atoms with E-state index in [1.165, 1.54) is 0 Å². The molecule has 3 aromatic rings. The quantitative estimate of drug-likeness (QED) is 0.625. The van der Waals surface area contributed by atoms with Crippen molar-refractivity contribution in [1.29, 1.82) is 0 Å². The van der Waals surface area contributed by atoms with E-state index in [1.807, 2.05) is 41.2 Å². The van der Waals surface area contributed by atoms with E-state index in [9.17, 15) is 0 Å². The zero-order chi connectivity index (χ0) is 11.0. The molecule has 4 heteroatoms. The highest BCUT2D eigenvalue weighted by molar-refractivity contribution is 5.83. The van der Waals surface area contributed by atoms with Gasteiger partial charge in [-0.2, -0.15) is 5.10 Å². The molecule has 0 atom stereocenters. The van der Waals surface area contributed by atoms with Crippen LogP contribution in [0.4, 0.5) is 5.69 Å². The molecule has 0 amide bonds. The zero-order valence-electron chi connectivity index (χ0n) is 8.54. The summed E-state index contributed by atoms with van der Waals surface area (Å²) in [6.07, 6.45) is 5.33. The van der Waals surface area contributed by atoms with Gasteiger partial charge in [0.25, 0.3) is 0 Å². The number of aromatic nitrogens is 3. The molecular formula is C12H10N4. The third-order valence-corrected chi connectivity index (χ3v) is 2.49. The Morgan fingerprint density at radius 2 is 2.06 bits per heavy atom. The molecule has 0 aliphatic carbocycles. The van der Waals surface area contributed by atoms with Gasteiger partial charge in [0.1, 0.15) is 0 Å². The molecule has 0 radical (unpaired) electrons. The summed E-state index contributed by atoms with van der Waals surface area (Å²) in [5, 5.41) is 5.40. The number of pyridine rings is 1. The van der Waals surface area contributed by atoms with Gasteiger partial charge in [0.05, 0.1) is 23.6 Å². The molecule has 3 rings (SSSR count). The maximum atomic E-state index is 5.77. The molecule has 0 saturated heterocycles. The SMILES string of the molecule is Nc1ccc2cnn(-c3cccnc3)c2c1. The van der Waals surface area contributed by atoms with E-state index < -0.39 is 0 Å². The molecule has 2 heterocycles. The van der Waals surface area contributed by atoms with Crippen molar-refractivity contribution >= 4 is 16.6 Å². The predicted molar refractivity (Wildman–Crippen MR) is 63.3 cm³/mol. The van der Waals surface area contributed by atoms with Gasteiger partial charge in [0.2, 0.25) is 0 Å². The Morgan fingerprint density at radius 1 is 1.12 bits per heavy atom. The maximum Gasteiger partial charge on any atom is 0.0836 e. The molecule has 0 bridgehead atoms. The van der Waals surface area contributed by atoms with Crippen LogP contribution in [0.15, 0.2) is 48.9 Å². The fourth-order valence-corrected chi connectivity index (χ4v) is 1.72. The van der Waals surface area contributed by atoms with Crippen LogP contribution in [-0.4, -0.2) is 14.8 Å². The van der Waals surface area contributed by atoms with Gasteiger partial charge in [-0.25, -0.2) is 4.68 Å². The fraction of sp³-hybridized carbons (Fsp3) is 0. The van der Waals surface area contributed by atoms with Crippen molar-refractivity contribution in [3.63, 3.8) is 0 Å². The van der Waals surface area contributed by atoms with Gasteiger partial charge in [-0.15, -0.1) is 0 Å². The van der Waals surface area contributed by atoms with Gasteiger partial charge >= 0.3 is 0 Å². The Bertz CT molecular complexity index is 628. The summed E-state index contributed by atoms with van der Waals surface area (Å²) >= 11 is 0. The van der Waals surface area contributed by atoms with Crippen molar-refractivity contribution in [3.05, 3.63) is 48.9 Å². The van der Waals surface area contributed by atoms with Crippen LogP contribution < -0.4 is 5.73 Å². The van der Waals surface area contributed by atoms with E-state index in [2.05, 4.69) is 10.1 Å². The highest BCUT2D eigenvalue weighted by atomic mass is 15.3. The van der Waals surface area contributed by atoms with Crippen molar-refractivity contribution in [2.45, 2.75) is 0 Å². The minimum absolute atomic E-state index is 0.734. The lowest BCUT2D eigenvalue weighted by Crippen LogP contribution is -1.96. The van der Waals surface area contributed by atoms with Crippen molar-refractivity contribution in [1.82, 2.24) is 14.8 Å². The second kappa shape index (κ2) is 3.34. The fourth-order valence-electron chi connectivity index (χ4n) is 1.72. The lowest BCUT2D eigenvalue weighted by Gasteiger charge is -2.02. The van der Waals surface area contributed by atoms with E-state index >= 15 is 0 Å². The number of nitrogens with two attached hydrogens (primary N) is 1. The number of nitrogens with zero attached hydrogens (tertiary/aromatic N) is 3.